The molecule has 3 rings (SSSR count). The maximum absolute atomic E-state index is 12.7. The zero-order valence-electron chi connectivity index (χ0n) is 16.0. The first-order valence-electron chi connectivity index (χ1n) is 9.32. The van der Waals surface area contributed by atoms with Gasteiger partial charge < -0.3 is 14.8 Å². The van der Waals surface area contributed by atoms with Gasteiger partial charge >= 0.3 is 0 Å². The number of sulfonamides is 1. The van der Waals surface area contributed by atoms with Crippen molar-refractivity contribution < 1.29 is 22.7 Å². The molecule has 1 heterocycles. The minimum Gasteiger partial charge on any atom is -0.479 e. The van der Waals surface area contributed by atoms with E-state index < -0.39 is 16.1 Å². The molecule has 1 aliphatic heterocycles. The molecule has 7 nitrogen and oxygen atoms in total. The van der Waals surface area contributed by atoms with Gasteiger partial charge in [-0.05, 0) is 42.8 Å². The van der Waals surface area contributed by atoms with E-state index in [1.807, 2.05) is 6.92 Å². The Morgan fingerprint density at radius 2 is 1.83 bits per heavy atom. The molecular weight excluding hydrogens is 416 g/mol. The summed E-state index contributed by atoms with van der Waals surface area (Å²) >= 11 is 6.09. The molecule has 9 heteroatoms. The molecule has 0 aliphatic carbocycles. The molecule has 0 unspecified atom stereocenters. The maximum Gasteiger partial charge on any atom is 0.265 e. The zero-order valence-corrected chi connectivity index (χ0v) is 17.6. The van der Waals surface area contributed by atoms with Gasteiger partial charge in [0.05, 0.1) is 23.1 Å². The third kappa shape index (κ3) is 5.27. The topological polar surface area (TPSA) is 84.9 Å². The number of anilines is 1. The molecule has 0 radical (unpaired) electrons. The molecule has 156 valence electrons. The van der Waals surface area contributed by atoms with Crippen LogP contribution in [0.1, 0.15) is 13.3 Å². The Kier molecular flexibility index (Phi) is 7.13. The highest BCUT2D eigenvalue weighted by Gasteiger charge is 2.26. The largest absolute Gasteiger partial charge is 0.479 e. The van der Waals surface area contributed by atoms with E-state index in [1.54, 1.807) is 36.4 Å². The summed E-state index contributed by atoms with van der Waals surface area (Å²) in [6.45, 7) is 3.27. The van der Waals surface area contributed by atoms with Gasteiger partial charge in [-0.15, -0.1) is 0 Å². The molecule has 0 saturated carbocycles. The van der Waals surface area contributed by atoms with Crippen molar-refractivity contribution in [3.05, 3.63) is 53.6 Å². The number of halogens is 1. The molecule has 1 N–H and O–H groups in total. The van der Waals surface area contributed by atoms with E-state index in [4.69, 9.17) is 21.1 Å². The monoisotopic (exact) mass is 438 g/mol. The molecule has 0 aromatic heterocycles. The fourth-order valence-electron chi connectivity index (χ4n) is 2.88. The number of hydrogen-bond acceptors (Lipinski definition) is 5. The van der Waals surface area contributed by atoms with E-state index in [0.29, 0.717) is 49.2 Å². The second-order valence-corrected chi connectivity index (χ2v) is 8.82. The van der Waals surface area contributed by atoms with E-state index in [-0.39, 0.29) is 10.8 Å². The van der Waals surface area contributed by atoms with Crippen molar-refractivity contribution in [2.75, 3.05) is 31.6 Å². The zero-order chi connectivity index (χ0) is 20.9. The number of morpholine rings is 1. The standard InChI is InChI=1S/C20H23ClN2O5S/c1-2-18(28-19-6-4-3-5-17(19)21)20(24)22-15-7-9-16(10-8-15)29(25,26)23-11-13-27-14-12-23/h3-10,18H,2,11-14H2,1H3,(H,22,24)/t18-/m0/s1. The van der Waals surface area contributed by atoms with Crippen molar-refractivity contribution in [1.29, 1.82) is 0 Å². The lowest BCUT2D eigenvalue weighted by molar-refractivity contribution is -0.122. The molecule has 1 aliphatic rings. The van der Waals surface area contributed by atoms with Crippen LogP contribution in [0.5, 0.6) is 5.75 Å². The Labute approximate surface area is 175 Å². The second-order valence-electron chi connectivity index (χ2n) is 6.48. The quantitative estimate of drug-likeness (QED) is 0.717. The van der Waals surface area contributed by atoms with Crippen molar-refractivity contribution in [3.8, 4) is 5.75 Å². The summed E-state index contributed by atoms with van der Waals surface area (Å²) in [4.78, 5) is 12.7. The van der Waals surface area contributed by atoms with Crippen LogP contribution < -0.4 is 10.1 Å². The van der Waals surface area contributed by atoms with E-state index >= 15 is 0 Å². The number of hydrogen-bond donors (Lipinski definition) is 1. The summed E-state index contributed by atoms with van der Waals surface area (Å²) in [5, 5.41) is 3.18. The third-order valence-electron chi connectivity index (χ3n) is 4.50. The summed E-state index contributed by atoms with van der Waals surface area (Å²) in [5.41, 5.74) is 0.483. The van der Waals surface area contributed by atoms with E-state index in [2.05, 4.69) is 5.32 Å². The van der Waals surface area contributed by atoms with Crippen molar-refractivity contribution in [3.63, 3.8) is 0 Å². The molecule has 0 bridgehead atoms. The molecule has 1 saturated heterocycles. The number of para-hydroxylation sites is 1. The first-order chi connectivity index (χ1) is 13.9. The summed E-state index contributed by atoms with van der Waals surface area (Å²) < 4.78 is 37.6. The van der Waals surface area contributed by atoms with Crippen LogP contribution in [0.3, 0.4) is 0 Å². The Balaban J connectivity index is 1.66. The second kappa shape index (κ2) is 9.58. The number of amides is 1. The summed E-state index contributed by atoms with van der Waals surface area (Å²) in [6, 6.07) is 13.0. The highest BCUT2D eigenvalue weighted by Crippen LogP contribution is 2.25. The Morgan fingerprint density at radius 3 is 2.45 bits per heavy atom. The Bertz CT molecular complexity index is 944. The SMILES string of the molecule is CC[C@H](Oc1ccccc1Cl)C(=O)Nc1ccc(S(=O)(=O)N2CCOCC2)cc1. The Morgan fingerprint density at radius 1 is 1.17 bits per heavy atom. The lowest BCUT2D eigenvalue weighted by Gasteiger charge is -2.26. The van der Waals surface area contributed by atoms with Gasteiger partial charge in [-0.2, -0.15) is 4.31 Å². The van der Waals surface area contributed by atoms with Crippen molar-refractivity contribution >= 4 is 33.2 Å². The number of carbonyl (C=O) groups excluding carboxylic acids is 1. The van der Waals surface area contributed by atoms with Gasteiger partial charge in [0.2, 0.25) is 10.0 Å². The van der Waals surface area contributed by atoms with Crippen LogP contribution in [0.25, 0.3) is 0 Å². The highest BCUT2D eigenvalue weighted by atomic mass is 35.5. The van der Waals surface area contributed by atoms with Gasteiger partial charge in [0, 0.05) is 18.8 Å². The number of benzene rings is 2. The number of nitrogens with zero attached hydrogens (tertiary/aromatic N) is 1. The van der Waals surface area contributed by atoms with E-state index in [0.717, 1.165) is 0 Å². The molecule has 2 aromatic rings. The lowest BCUT2D eigenvalue weighted by Crippen LogP contribution is -2.40. The fraction of sp³-hybridized carbons (Fsp3) is 0.350. The van der Waals surface area contributed by atoms with Crippen molar-refractivity contribution in [2.24, 2.45) is 0 Å². The van der Waals surface area contributed by atoms with Gasteiger partial charge in [0.15, 0.2) is 6.10 Å². The number of carbonyl (C=O) groups is 1. The average Bonchev–Trinajstić information content (AvgIpc) is 2.74. The van der Waals surface area contributed by atoms with Gasteiger partial charge in [-0.3, -0.25) is 4.79 Å². The molecule has 1 amide bonds. The highest BCUT2D eigenvalue weighted by molar-refractivity contribution is 7.89. The summed E-state index contributed by atoms with van der Waals surface area (Å²) in [5.74, 6) is 0.0966. The molecule has 0 spiro atoms. The summed E-state index contributed by atoms with van der Waals surface area (Å²) in [7, 11) is -3.57. The van der Waals surface area contributed by atoms with Gasteiger partial charge in [-0.25, -0.2) is 8.42 Å². The normalized spacial score (nSPS) is 16.2. The van der Waals surface area contributed by atoms with Crippen LogP contribution in [-0.2, 0) is 19.6 Å². The average molecular weight is 439 g/mol. The lowest BCUT2D eigenvalue weighted by atomic mass is 10.2. The van der Waals surface area contributed by atoms with Crippen LogP contribution >= 0.6 is 11.6 Å². The predicted octanol–water partition coefficient (Wildman–Crippen LogP) is 3.16. The first kappa shape index (κ1) is 21.6. The molecule has 2 aromatic carbocycles. The van der Waals surface area contributed by atoms with Gasteiger partial charge in [0.25, 0.3) is 5.91 Å². The molecular formula is C20H23ClN2O5S. The first-order valence-corrected chi connectivity index (χ1v) is 11.1. The van der Waals surface area contributed by atoms with Crippen molar-refractivity contribution in [1.82, 2.24) is 4.31 Å². The van der Waals surface area contributed by atoms with Crippen LogP contribution in [0.15, 0.2) is 53.4 Å². The van der Waals surface area contributed by atoms with Crippen molar-refractivity contribution in [2.45, 2.75) is 24.3 Å². The number of ether oxygens (including phenoxy) is 2. The number of rotatable bonds is 7. The van der Waals surface area contributed by atoms with E-state index in [9.17, 15) is 13.2 Å². The maximum atomic E-state index is 12.7. The number of nitrogens with one attached hydrogen (secondary N) is 1. The van der Waals surface area contributed by atoms with Gasteiger partial charge in [-0.1, -0.05) is 30.7 Å². The van der Waals surface area contributed by atoms with Crippen LogP contribution in [-0.4, -0.2) is 51.0 Å². The molecule has 29 heavy (non-hydrogen) atoms. The van der Waals surface area contributed by atoms with E-state index in [1.165, 1.54) is 16.4 Å². The molecule has 1 atom stereocenters. The van der Waals surface area contributed by atoms with Crippen LogP contribution in [0.2, 0.25) is 5.02 Å². The minimum atomic E-state index is -3.57. The van der Waals surface area contributed by atoms with Crippen LogP contribution in [0.4, 0.5) is 5.69 Å². The smallest absolute Gasteiger partial charge is 0.265 e. The minimum absolute atomic E-state index is 0.178. The predicted molar refractivity (Wildman–Crippen MR) is 111 cm³/mol. The Hall–Kier alpha value is -2.13. The fourth-order valence-corrected chi connectivity index (χ4v) is 4.47. The molecule has 1 fully saturated rings. The summed E-state index contributed by atoms with van der Waals surface area (Å²) in [6.07, 6.45) is -0.285. The third-order valence-corrected chi connectivity index (χ3v) is 6.72. The van der Waals surface area contributed by atoms with Gasteiger partial charge in [0.1, 0.15) is 5.75 Å². The van der Waals surface area contributed by atoms with Crippen LogP contribution in [0, 0.1) is 0 Å².